The molecule has 0 aliphatic carbocycles. The van der Waals surface area contributed by atoms with E-state index in [9.17, 15) is 14.4 Å². The lowest BCUT2D eigenvalue weighted by molar-refractivity contribution is -0.169. The van der Waals surface area contributed by atoms with Crippen LogP contribution in [-0.2, 0) is 42.8 Å². The van der Waals surface area contributed by atoms with E-state index >= 15 is 0 Å². The van der Waals surface area contributed by atoms with Crippen molar-refractivity contribution in [3.63, 3.8) is 0 Å². The van der Waals surface area contributed by atoms with E-state index in [0.717, 1.165) is 5.56 Å². The number of hydrogen-bond acceptors (Lipinski definition) is 10. The van der Waals surface area contributed by atoms with Gasteiger partial charge >= 0.3 is 17.9 Å². The third kappa shape index (κ3) is 3.15. The van der Waals surface area contributed by atoms with Crippen LogP contribution in [0, 0.1) is 12.8 Å². The Bertz CT molecular complexity index is 1090. The van der Waals surface area contributed by atoms with Gasteiger partial charge in [-0.3, -0.25) is 9.59 Å². The molecule has 4 fully saturated rings. The van der Waals surface area contributed by atoms with Gasteiger partial charge in [0, 0.05) is 26.2 Å². The standard InChI is InChI=1S/C24H28O10/c1-10-6-14-19-22(4,33-19)8-15-20-24(34-20,21(27)32-15)16(29-11(2)25)7-13(23(5)9-28-23)18(17(10)31-14)30-12(3)26/h6,13,15-16,18-20H,7-9H2,1-5H3/t13-,15+,16-,18+,19-,20+,22-,23+,24?/m0/s1. The number of carbonyl (C=O) groups excluding carboxylic acids is 3. The number of epoxide rings is 3. The van der Waals surface area contributed by atoms with Gasteiger partial charge in [0.1, 0.15) is 41.5 Å². The first-order valence-electron chi connectivity index (χ1n) is 11.6. The summed E-state index contributed by atoms with van der Waals surface area (Å²) in [6.07, 6.45) is -2.64. The minimum absolute atomic E-state index is 0.152. The molecule has 184 valence electrons. The first-order valence-corrected chi connectivity index (χ1v) is 11.6. The van der Waals surface area contributed by atoms with Gasteiger partial charge < -0.3 is 32.8 Å². The molecule has 6 rings (SSSR count). The SMILES string of the molecule is CC(=O)O[C@H]1C[C@H]([C@@]2(C)CO2)[C@@H](OC(C)=O)c2oc(cc2C)[C@@H]2O[C@@]2(C)C[C@H]2OC(=O)C13O[C@H]23. The molecule has 0 radical (unpaired) electrons. The quantitative estimate of drug-likeness (QED) is 0.364. The Morgan fingerprint density at radius 1 is 1.09 bits per heavy atom. The Morgan fingerprint density at radius 3 is 2.41 bits per heavy atom. The highest BCUT2D eigenvalue weighted by Crippen LogP contribution is 2.60. The second-order valence-corrected chi connectivity index (χ2v) is 10.6. The summed E-state index contributed by atoms with van der Waals surface area (Å²) < 4.78 is 41.2. The van der Waals surface area contributed by atoms with Crippen LogP contribution in [0.25, 0.3) is 0 Å². The summed E-state index contributed by atoms with van der Waals surface area (Å²) in [7, 11) is 0. The molecule has 4 saturated heterocycles. The van der Waals surface area contributed by atoms with Crippen LogP contribution >= 0.6 is 0 Å². The highest BCUT2D eigenvalue weighted by molar-refractivity contribution is 5.88. The van der Waals surface area contributed by atoms with Crippen molar-refractivity contribution in [2.24, 2.45) is 5.92 Å². The van der Waals surface area contributed by atoms with Crippen molar-refractivity contribution >= 4 is 17.9 Å². The Labute approximate surface area is 196 Å². The number of hydrogen-bond donors (Lipinski definition) is 0. The molecule has 1 unspecified atom stereocenters. The molecule has 1 aromatic rings. The Morgan fingerprint density at radius 2 is 1.79 bits per heavy atom. The third-order valence-corrected chi connectivity index (χ3v) is 7.88. The average Bonchev–Trinajstić information content (AvgIpc) is 3.67. The minimum atomic E-state index is -1.39. The summed E-state index contributed by atoms with van der Waals surface area (Å²) in [6, 6.07) is 1.89. The lowest BCUT2D eigenvalue weighted by Gasteiger charge is -2.32. The number of carbonyl (C=O) groups is 3. The van der Waals surface area contributed by atoms with Crippen molar-refractivity contribution in [2.45, 2.75) is 94.8 Å². The van der Waals surface area contributed by atoms with Crippen LogP contribution in [0.2, 0.25) is 0 Å². The van der Waals surface area contributed by atoms with Crippen molar-refractivity contribution in [1.82, 2.24) is 0 Å². The molecule has 34 heavy (non-hydrogen) atoms. The molecule has 0 amide bonds. The van der Waals surface area contributed by atoms with E-state index < -0.39 is 65.0 Å². The number of esters is 3. The number of fused-ring (bicyclic) bond motifs is 4. The van der Waals surface area contributed by atoms with E-state index in [4.69, 9.17) is 32.8 Å². The predicted octanol–water partition coefficient (Wildman–Crippen LogP) is 2.22. The zero-order valence-electron chi connectivity index (χ0n) is 19.7. The molecule has 0 N–H and O–H groups in total. The Hall–Kier alpha value is -2.43. The summed E-state index contributed by atoms with van der Waals surface area (Å²) >= 11 is 0. The van der Waals surface area contributed by atoms with Crippen molar-refractivity contribution in [2.75, 3.05) is 6.61 Å². The molecule has 9 atom stereocenters. The van der Waals surface area contributed by atoms with Crippen LogP contribution in [-0.4, -0.2) is 59.6 Å². The molecule has 4 bridgehead atoms. The van der Waals surface area contributed by atoms with Crippen molar-refractivity contribution in [3.8, 4) is 0 Å². The predicted molar refractivity (Wildman–Crippen MR) is 110 cm³/mol. The molecular weight excluding hydrogens is 448 g/mol. The van der Waals surface area contributed by atoms with Gasteiger partial charge in [-0.05, 0) is 38.8 Å². The molecule has 10 nitrogen and oxygen atoms in total. The lowest BCUT2D eigenvalue weighted by atomic mass is 9.79. The fraction of sp³-hybridized carbons (Fsp3) is 0.708. The summed E-state index contributed by atoms with van der Waals surface area (Å²) in [4.78, 5) is 37.4. The largest absolute Gasteiger partial charge is 0.459 e. The number of rotatable bonds is 3. The first-order chi connectivity index (χ1) is 16.0. The Kier molecular flexibility index (Phi) is 4.43. The van der Waals surface area contributed by atoms with E-state index in [0.29, 0.717) is 24.5 Å². The van der Waals surface area contributed by atoms with Gasteiger partial charge in [-0.15, -0.1) is 0 Å². The normalized spacial score (nSPS) is 46.0. The summed E-state index contributed by atoms with van der Waals surface area (Å²) in [6.45, 7) is 8.75. The molecule has 0 aromatic carbocycles. The van der Waals surface area contributed by atoms with E-state index in [1.807, 2.05) is 26.8 Å². The smallest absolute Gasteiger partial charge is 0.345 e. The monoisotopic (exact) mass is 476 g/mol. The van der Waals surface area contributed by atoms with Crippen LogP contribution in [0.3, 0.4) is 0 Å². The van der Waals surface area contributed by atoms with Gasteiger partial charge in [-0.1, -0.05) is 0 Å². The van der Waals surface area contributed by atoms with Crippen molar-refractivity contribution in [1.29, 1.82) is 0 Å². The zero-order valence-corrected chi connectivity index (χ0v) is 19.7. The maximum absolute atomic E-state index is 13.1. The maximum atomic E-state index is 13.1. The van der Waals surface area contributed by atoms with Crippen molar-refractivity contribution in [3.05, 3.63) is 23.2 Å². The van der Waals surface area contributed by atoms with Crippen molar-refractivity contribution < 1.29 is 47.2 Å². The molecule has 6 heterocycles. The van der Waals surface area contributed by atoms with Crippen LogP contribution in [0.5, 0.6) is 0 Å². The molecular formula is C24H28O10. The summed E-state index contributed by atoms with van der Waals surface area (Å²) in [5.74, 6) is -0.966. The first kappa shape index (κ1) is 22.1. The van der Waals surface area contributed by atoms with E-state index in [-0.39, 0.29) is 12.5 Å². The molecule has 5 aliphatic rings. The van der Waals surface area contributed by atoms with Gasteiger partial charge in [0.2, 0.25) is 5.60 Å². The second-order valence-electron chi connectivity index (χ2n) is 10.6. The van der Waals surface area contributed by atoms with Crippen LogP contribution < -0.4 is 0 Å². The van der Waals surface area contributed by atoms with Gasteiger partial charge in [0.25, 0.3) is 0 Å². The van der Waals surface area contributed by atoms with Crippen LogP contribution in [0.15, 0.2) is 10.5 Å². The Balaban J connectivity index is 1.48. The van der Waals surface area contributed by atoms with Gasteiger partial charge in [-0.25, -0.2) is 4.79 Å². The molecule has 1 aromatic heterocycles. The molecule has 5 aliphatic heterocycles. The highest BCUT2D eigenvalue weighted by atomic mass is 16.7. The lowest BCUT2D eigenvalue weighted by Crippen LogP contribution is -2.44. The van der Waals surface area contributed by atoms with E-state index in [1.165, 1.54) is 13.8 Å². The van der Waals surface area contributed by atoms with Gasteiger partial charge in [0.05, 0.1) is 12.2 Å². The van der Waals surface area contributed by atoms with Gasteiger partial charge in [-0.2, -0.15) is 0 Å². The van der Waals surface area contributed by atoms with Gasteiger partial charge in [0.15, 0.2) is 6.10 Å². The number of furan rings is 1. The number of aryl methyl sites for hydroxylation is 1. The second kappa shape index (κ2) is 6.83. The maximum Gasteiger partial charge on any atom is 0.345 e. The van der Waals surface area contributed by atoms with Crippen LogP contribution in [0.4, 0.5) is 0 Å². The fourth-order valence-electron chi connectivity index (χ4n) is 5.86. The third-order valence-electron chi connectivity index (χ3n) is 7.88. The minimum Gasteiger partial charge on any atom is -0.459 e. The molecule has 0 spiro atoms. The van der Waals surface area contributed by atoms with E-state index in [2.05, 4.69) is 0 Å². The molecule has 10 heteroatoms. The topological polar surface area (TPSA) is 130 Å². The highest BCUT2D eigenvalue weighted by Gasteiger charge is 2.79. The van der Waals surface area contributed by atoms with E-state index in [1.54, 1.807) is 0 Å². The fourth-order valence-corrected chi connectivity index (χ4v) is 5.86. The summed E-state index contributed by atoms with van der Waals surface area (Å²) in [5.41, 5.74) is -1.87. The summed E-state index contributed by atoms with van der Waals surface area (Å²) in [5, 5.41) is 0. The zero-order chi connectivity index (χ0) is 24.2. The average molecular weight is 476 g/mol. The number of ether oxygens (including phenoxy) is 6. The van der Waals surface area contributed by atoms with Crippen LogP contribution in [0.1, 0.15) is 69.8 Å². The molecule has 0 saturated carbocycles.